The predicted molar refractivity (Wildman–Crippen MR) is 93.5 cm³/mol. The molecule has 0 N–H and O–H groups in total. The summed E-state index contributed by atoms with van der Waals surface area (Å²) in [6, 6.07) is 12.5. The molecule has 7 nitrogen and oxygen atoms in total. The van der Waals surface area contributed by atoms with Crippen molar-refractivity contribution in [3.05, 3.63) is 60.2 Å². The van der Waals surface area contributed by atoms with Crippen molar-refractivity contribution in [2.24, 2.45) is 0 Å². The van der Waals surface area contributed by atoms with Crippen LogP contribution < -0.4 is 4.74 Å². The van der Waals surface area contributed by atoms with Gasteiger partial charge in [-0.05, 0) is 37.1 Å². The third-order valence-corrected chi connectivity index (χ3v) is 4.45. The largest absolute Gasteiger partial charge is 0.497 e. The topological polar surface area (TPSA) is 81.4 Å². The number of hydrogen-bond donors (Lipinski definition) is 0. The quantitative estimate of drug-likeness (QED) is 0.719. The molecule has 2 aromatic heterocycles. The number of aromatic nitrogens is 3. The van der Waals surface area contributed by atoms with Crippen LogP contribution in [0.5, 0.6) is 5.75 Å². The van der Waals surface area contributed by atoms with E-state index in [1.807, 2.05) is 24.3 Å². The highest BCUT2D eigenvalue weighted by Crippen LogP contribution is 2.33. The van der Waals surface area contributed by atoms with E-state index in [0.717, 1.165) is 24.2 Å². The van der Waals surface area contributed by atoms with Crippen LogP contribution in [0.4, 0.5) is 0 Å². The van der Waals surface area contributed by atoms with Crippen molar-refractivity contribution in [3.63, 3.8) is 0 Å². The first-order valence-corrected chi connectivity index (χ1v) is 8.46. The van der Waals surface area contributed by atoms with E-state index in [-0.39, 0.29) is 11.9 Å². The molecule has 26 heavy (non-hydrogen) atoms. The number of pyridine rings is 1. The van der Waals surface area contributed by atoms with Crippen molar-refractivity contribution >= 4 is 5.91 Å². The average Bonchev–Trinajstić information content (AvgIpc) is 3.37. The molecule has 1 amide bonds. The summed E-state index contributed by atoms with van der Waals surface area (Å²) in [7, 11) is 1.61. The maximum absolute atomic E-state index is 12.7. The summed E-state index contributed by atoms with van der Waals surface area (Å²) in [4.78, 5) is 23.2. The van der Waals surface area contributed by atoms with Gasteiger partial charge in [0.15, 0.2) is 0 Å². The number of amides is 1. The maximum Gasteiger partial charge on any atom is 0.273 e. The summed E-state index contributed by atoms with van der Waals surface area (Å²) < 4.78 is 10.7. The molecule has 0 bridgehead atoms. The first-order chi connectivity index (χ1) is 12.8. The van der Waals surface area contributed by atoms with Crippen molar-refractivity contribution in [3.8, 4) is 17.1 Å². The highest BCUT2D eigenvalue weighted by atomic mass is 16.5. The van der Waals surface area contributed by atoms with Crippen LogP contribution in [0.25, 0.3) is 11.4 Å². The summed E-state index contributed by atoms with van der Waals surface area (Å²) >= 11 is 0. The van der Waals surface area contributed by atoms with Crippen molar-refractivity contribution in [1.29, 1.82) is 0 Å². The van der Waals surface area contributed by atoms with Gasteiger partial charge in [0, 0.05) is 18.3 Å². The van der Waals surface area contributed by atoms with E-state index >= 15 is 0 Å². The lowest BCUT2D eigenvalue weighted by Gasteiger charge is -2.21. The molecule has 3 heterocycles. The summed E-state index contributed by atoms with van der Waals surface area (Å²) in [5, 5.41) is 4.08. The lowest BCUT2D eigenvalue weighted by atomic mass is 10.2. The van der Waals surface area contributed by atoms with Crippen LogP contribution in [0.2, 0.25) is 0 Å². The Morgan fingerprint density at radius 2 is 2.19 bits per heavy atom. The molecule has 0 aliphatic carbocycles. The van der Waals surface area contributed by atoms with Crippen LogP contribution in [0, 0.1) is 0 Å². The number of carbonyl (C=O) groups excluding carboxylic acids is 1. The SMILES string of the molecule is COc1cccc(-c2noc([C@@H]3CCCN3C(=O)c3ccccn3)n2)c1. The van der Waals surface area contributed by atoms with E-state index in [9.17, 15) is 4.79 Å². The van der Waals surface area contributed by atoms with Gasteiger partial charge in [-0.15, -0.1) is 0 Å². The number of methoxy groups -OCH3 is 1. The number of rotatable bonds is 4. The third-order valence-electron chi connectivity index (χ3n) is 4.45. The van der Waals surface area contributed by atoms with E-state index < -0.39 is 0 Å². The lowest BCUT2D eigenvalue weighted by molar-refractivity contribution is 0.0704. The van der Waals surface area contributed by atoms with Gasteiger partial charge >= 0.3 is 0 Å². The highest BCUT2D eigenvalue weighted by Gasteiger charge is 2.35. The van der Waals surface area contributed by atoms with Crippen LogP contribution in [0.1, 0.15) is 35.3 Å². The molecule has 3 aromatic rings. The normalized spacial score (nSPS) is 16.7. The number of nitrogens with zero attached hydrogens (tertiary/aromatic N) is 4. The second-order valence-corrected chi connectivity index (χ2v) is 6.06. The minimum Gasteiger partial charge on any atom is -0.497 e. The zero-order valence-electron chi connectivity index (χ0n) is 14.3. The Kier molecular flexibility index (Phi) is 4.35. The molecular weight excluding hydrogens is 332 g/mol. The lowest BCUT2D eigenvalue weighted by Crippen LogP contribution is -2.31. The molecule has 1 saturated heterocycles. The Labute approximate surface area is 150 Å². The number of carbonyl (C=O) groups is 1. The van der Waals surface area contributed by atoms with Crippen LogP contribution in [-0.2, 0) is 0 Å². The molecule has 0 radical (unpaired) electrons. The fourth-order valence-electron chi connectivity index (χ4n) is 3.15. The van der Waals surface area contributed by atoms with Crippen LogP contribution in [-0.4, -0.2) is 39.6 Å². The fourth-order valence-corrected chi connectivity index (χ4v) is 3.15. The highest BCUT2D eigenvalue weighted by molar-refractivity contribution is 5.92. The smallest absolute Gasteiger partial charge is 0.273 e. The van der Waals surface area contributed by atoms with Crippen molar-refractivity contribution < 1.29 is 14.1 Å². The van der Waals surface area contributed by atoms with Gasteiger partial charge in [-0.3, -0.25) is 9.78 Å². The van der Waals surface area contributed by atoms with Gasteiger partial charge in [-0.25, -0.2) is 0 Å². The molecule has 132 valence electrons. The van der Waals surface area contributed by atoms with Crippen molar-refractivity contribution in [2.75, 3.05) is 13.7 Å². The average molecular weight is 350 g/mol. The van der Waals surface area contributed by atoms with E-state index in [4.69, 9.17) is 9.26 Å². The Balaban J connectivity index is 1.59. The summed E-state index contributed by atoms with van der Waals surface area (Å²) in [6.45, 7) is 0.650. The molecule has 0 saturated carbocycles. The van der Waals surface area contributed by atoms with E-state index in [0.29, 0.717) is 24.0 Å². The Bertz CT molecular complexity index is 910. The van der Waals surface area contributed by atoms with E-state index in [2.05, 4.69) is 15.1 Å². The van der Waals surface area contributed by atoms with Gasteiger partial charge in [-0.1, -0.05) is 23.4 Å². The molecule has 1 atom stereocenters. The third kappa shape index (κ3) is 3.03. The van der Waals surface area contributed by atoms with Gasteiger partial charge in [0.05, 0.1) is 7.11 Å². The molecule has 0 spiro atoms. The molecule has 1 aliphatic rings. The first kappa shape index (κ1) is 16.3. The molecule has 0 unspecified atom stereocenters. The van der Waals surface area contributed by atoms with Gasteiger partial charge in [0.25, 0.3) is 5.91 Å². The van der Waals surface area contributed by atoms with Gasteiger partial charge in [0.2, 0.25) is 11.7 Å². The van der Waals surface area contributed by atoms with Crippen molar-refractivity contribution in [2.45, 2.75) is 18.9 Å². The van der Waals surface area contributed by atoms with Crippen LogP contribution >= 0.6 is 0 Å². The second kappa shape index (κ2) is 6.95. The molecule has 1 aromatic carbocycles. The molecule has 7 heteroatoms. The molecular formula is C19H18N4O3. The van der Waals surface area contributed by atoms with Crippen molar-refractivity contribution in [1.82, 2.24) is 20.0 Å². The minimum absolute atomic E-state index is 0.116. The summed E-state index contributed by atoms with van der Waals surface area (Å²) in [6.07, 6.45) is 3.30. The molecule has 4 rings (SSSR count). The zero-order chi connectivity index (χ0) is 17.9. The summed E-state index contributed by atoms with van der Waals surface area (Å²) in [5.74, 6) is 1.54. The Hall–Kier alpha value is -3.22. The van der Waals surface area contributed by atoms with Gasteiger partial charge in [-0.2, -0.15) is 4.98 Å². The monoisotopic (exact) mass is 350 g/mol. The number of benzene rings is 1. The number of hydrogen-bond acceptors (Lipinski definition) is 6. The zero-order valence-corrected chi connectivity index (χ0v) is 14.3. The number of likely N-dealkylation sites (tertiary alicyclic amines) is 1. The predicted octanol–water partition coefficient (Wildman–Crippen LogP) is 3.12. The summed E-state index contributed by atoms with van der Waals surface area (Å²) in [5.41, 5.74) is 1.23. The second-order valence-electron chi connectivity index (χ2n) is 6.06. The van der Waals surface area contributed by atoms with E-state index in [1.165, 1.54) is 0 Å². The minimum atomic E-state index is -0.226. The van der Waals surface area contributed by atoms with Crippen LogP contribution in [0.15, 0.2) is 53.2 Å². The number of ether oxygens (including phenoxy) is 1. The molecule has 1 aliphatic heterocycles. The van der Waals surface area contributed by atoms with Gasteiger partial charge < -0.3 is 14.2 Å². The van der Waals surface area contributed by atoms with E-state index in [1.54, 1.807) is 36.4 Å². The Morgan fingerprint density at radius 1 is 1.27 bits per heavy atom. The fraction of sp³-hybridized carbons (Fsp3) is 0.263. The Morgan fingerprint density at radius 3 is 3.00 bits per heavy atom. The first-order valence-electron chi connectivity index (χ1n) is 8.46. The molecule has 1 fully saturated rings. The maximum atomic E-state index is 12.7. The van der Waals surface area contributed by atoms with Crippen LogP contribution in [0.3, 0.4) is 0 Å². The standard InChI is InChI=1S/C19H18N4O3/c1-25-14-7-4-6-13(12-14)17-21-18(26-22-17)16-9-5-11-23(16)19(24)15-8-2-3-10-20-15/h2-4,6-8,10,12,16H,5,9,11H2,1H3/t16-/m0/s1. The van der Waals surface area contributed by atoms with Gasteiger partial charge in [0.1, 0.15) is 17.5 Å².